The Hall–Kier alpha value is -4.56. The summed E-state index contributed by atoms with van der Waals surface area (Å²) in [6.07, 6.45) is -1.88. The number of carbonyl (C=O) groups is 3. The van der Waals surface area contributed by atoms with Crippen molar-refractivity contribution in [1.82, 2.24) is 4.57 Å². The van der Waals surface area contributed by atoms with E-state index < -0.39 is 30.1 Å². The van der Waals surface area contributed by atoms with Gasteiger partial charge in [0.15, 0.2) is 0 Å². The van der Waals surface area contributed by atoms with Gasteiger partial charge in [-0.25, -0.2) is 4.39 Å². The van der Waals surface area contributed by atoms with Crippen molar-refractivity contribution in [3.05, 3.63) is 102 Å². The summed E-state index contributed by atoms with van der Waals surface area (Å²) in [5.41, 5.74) is 4.65. The topological polar surface area (TPSA) is 109 Å². The zero-order valence-corrected chi connectivity index (χ0v) is 23.0. The molecule has 0 spiro atoms. The van der Waals surface area contributed by atoms with E-state index in [2.05, 4.69) is 5.32 Å². The third-order valence-electron chi connectivity index (χ3n) is 6.79. The summed E-state index contributed by atoms with van der Waals surface area (Å²) in [6, 6.07) is 24.6. The maximum Gasteiger partial charge on any atom is 0.310 e. The van der Waals surface area contributed by atoms with Crippen LogP contribution in [0.3, 0.4) is 0 Å². The Labute approximate surface area is 238 Å². The van der Waals surface area contributed by atoms with Crippen molar-refractivity contribution in [2.45, 2.75) is 51.7 Å². The van der Waals surface area contributed by atoms with Gasteiger partial charge in [0.1, 0.15) is 18.0 Å². The van der Waals surface area contributed by atoms with Gasteiger partial charge in [-0.15, -0.1) is 0 Å². The minimum absolute atomic E-state index is 0.131. The number of halogens is 1. The summed E-state index contributed by atoms with van der Waals surface area (Å²) in [6.45, 7) is 4.18. The van der Waals surface area contributed by atoms with Gasteiger partial charge < -0.3 is 20.1 Å². The lowest BCUT2D eigenvalue weighted by molar-refractivity contribution is -0.140. The Morgan fingerprint density at radius 1 is 0.878 bits per heavy atom. The lowest BCUT2D eigenvalue weighted by Crippen LogP contribution is -2.20. The molecule has 4 rings (SSSR count). The number of anilines is 1. The number of aromatic nitrogens is 1. The van der Waals surface area contributed by atoms with Crippen LogP contribution in [-0.4, -0.2) is 38.5 Å². The Morgan fingerprint density at radius 3 is 2.07 bits per heavy atom. The number of ketones is 1. The lowest BCUT2D eigenvalue weighted by Gasteiger charge is -2.19. The minimum atomic E-state index is -1.24. The number of benzene rings is 3. The molecule has 3 N–H and O–H groups in total. The van der Waals surface area contributed by atoms with Crippen LogP contribution in [-0.2, 0) is 16.1 Å². The molecule has 1 heterocycles. The lowest BCUT2D eigenvalue weighted by atomic mass is 9.94. The SMILES string of the molecule is CC(C)c1c(C(=O)Nc2ccccc2)c(-c2ccccc2)c(-c2ccc(F)cc2)n1CC[C@H](O)CC(=O)CC(=O)O. The summed E-state index contributed by atoms with van der Waals surface area (Å²) < 4.78 is 16.0. The standard InChI is InChI=1S/C33H33FN2O5/c1-21(2)31-30(33(41)35-25-11-7-4-8-12-25)29(22-9-5-3-6-10-22)32(23-13-15-24(34)16-14-23)36(31)18-17-26(37)19-27(38)20-28(39)40/h3-16,21,26,37H,17-20H2,1-2H3,(H,35,41)(H,39,40)/t26-/m0/s1. The number of rotatable bonds is 12. The largest absolute Gasteiger partial charge is 0.481 e. The van der Waals surface area contributed by atoms with Crippen LogP contribution < -0.4 is 5.32 Å². The van der Waals surface area contributed by atoms with Gasteiger partial charge in [-0.05, 0) is 59.9 Å². The van der Waals surface area contributed by atoms with Crippen molar-refractivity contribution in [1.29, 1.82) is 0 Å². The van der Waals surface area contributed by atoms with Crippen LogP contribution in [0, 0.1) is 5.82 Å². The average Bonchev–Trinajstić information content (AvgIpc) is 3.28. The van der Waals surface area contributed by atoms with Gasteiger partial charge in [-0.2, -0.15) is 0 Å². The normalized spacial score (nSPS) is 11.8. The Balaban J connectivity index is 1.90. The zero-order chi connectivity index (χ0) is 29.5. The van der Waals surface area contributed by atoms with Gasteiger partial charge in [-0.1, -0.05) is 62.4 Å². The molecule has 41 heavy (non-hydrogen) atoms. The van der Waals surface area contributed by atoms with Crippen LogP contribution in [0.5, 0.6) is 0 Å². The zero-order valence-electron chi connectivity index (χ0n) is 23.0. The van der Waals surface area contributed by atoms with Crippen LogP contribution in [0.1, 0.15) is 55.1 Å². The van der Waals surface area contributed by atoms with E-state index in [-0.39, 0.29) is 31.2 Å². The van der Waals surface area contributed by atoms with Crippen molar-refractivity contribution in [3.63, 3.8) is 0 Å². The number of aliphatic hydroxyl groups is 1. The van der Waals surface area contributed by atoms with Crippen molar-refractivity contribution in [2.24, 2.45) is 0 Å². The van der Waals surface area contributed by atoms with Gasteiger partial charge in [0.25, 0.3) is 5.91 Å². The highest BCUT2D eigenvalue weighted by atomic mass is 19.1. The van der Waals surface area contributed by atoms with E-state index in [1.54, 1.807) is 24.3 Å². The van der Waals surface area contributed by atoms with E-state index in [0.717, 1.165) is 11.3 Å². The fourth-order valence-electron chi connectivity index (χ4n) is 5.09. The first kappa shape index (κ1) is 29.4. The molecule has 3 aromatic carbocycles. The molecule has 1 aromatic heterocycles. The molecule has 7 nitrogen and oxygen atoms in total. The number of hydrogen-bond donors (Lipinski definition) is 3. The van der Waals surface area contributed by atoms with Gasteiger partial charge >= 0.3 is 5.97 Å². The third-order valence-corrected chi connectivity index (χ3v) is 6.79. The molecule has 1 amide bonds. The molecule has 1 atom stereocenters. The van der Waals surface area contributed by atoms with E-state index in [9.17, 15) is 23.9 Å². The molecule has 0 aliphatic rings. The molecule has 0 aliphatic carbocycles. The number of carboxylic acid groups (broad SMARTS) is 1. The minimum Gasteiger partial charge on any atom is -0.481 e. The molecule has 212 valence electrons. The van der Waals surface area contributed by atoms with E-state index >= 15 is 0 Å². The molecule has 0 aliphatic heterocycles. The van der Waals surface area contributed by atoms with E-state index in [4.69, 9.17) is 5.11 Å². The Morgan fingerprint density at radius 2 is 1.49 bits per heavy atom. The maximum absolute atomic E-state index is 14.0. The number of aliphatic carboxylic acids is 1. The van der Waals surface area contributed by atoms with Crippen LogP contribution >= 0.6 is 0 Å². The second-order valence-corrected chi connectivity index (χ2v) is 10.2. The van der Waals surface area contributed by atoms with Gasteiger partial charge in [0.2, 0.25) is 0 Å². The van der Waals surface area contributed by atoms with Gasteiger partial charge in [-0.3, -0.25) is 14.4 Å². The summed E-state index contributed by atoms with van der Waals surface area (Å²) in [5.74, 6) is -2.64. The molecule has 4 aromatic rings. The first-order chi connectivity index (χ1) is 19.7. The third kappa shape index (κ3) is 7.15. The maximum atomic E-state index is 14.0. The fourth-order valence-corrected chi connectivity index (χ4v) is 5.09. The van der Waals surface area contributed by atoms with Crippen molar-refractivity contribution in [3.8, 4) is 22.4 Å². The highest BCUT2D eigenvalue weighted by Gasteiger charge is 2.31. The van der Waals surface area contributed by atoms with Crippen LogP contribution in [0.2, 0.25) is 0 Å². The number of Topliss-reactive ketones (excluding diaryl/α,β-unsaturated/α-hetero) is 1. The molecule has 0 saturated heterocycles. The molecular formula is C33H33FN2O5. The number of amides is 1. The van der Waals surface area contributed by atoms with Crippen LogP contribution in [0.4, 0.5) is 10.1 Å². The molecule has 0 radical (unpaired) electrons. The number of nitrogens with zero attached hydrogens (tertiary/aromatic N) is 1. The van der Waals surface area contributed by atoms with Gasteiger partial charge in [0, 0.05) is 29.9 Å². The molecule has 0 unspecified atom stereocenters. The van der Waals surface area contributed by atoms with E-state index in [1.165, 1.54) is 12.1 Å². The van der Waals surface area contributed by atoms with Crippen molar-refractivity contribution in [2.75, 3.05) is 5.32 Å². The summed E-state index contributed by atoms with van der Waals surface area (Å²) in [4.78, 5) is 37.0. The van der Waals surface area contributed by atoms with Gasteiger partial charge in [0.05, 0.1) is 17.4 Å². The average molecular weight is 557 g/mol. The second-order valence-electron chi connectivity index (χ2n) is 10.2. The summed E-state index contributed by atoms with van der Waals surface area (Å²) in [5, 5.41) is 22.6. The quantitative estimate of drug-likeness (QED) is 0.172. The smallest absolute Gasteiger partial charge is 0.310 e. The Bertz CT molecular complexity index is 1510. The molecule has 0 bridgehead atoms. The van der Waals surface area contributed by atoms with E-state index in [0.29, 0.717) is 28.1 Å². The first-order valence-corrected chi connectivity index (χ1v) is 13.5. The molecule has 0 saturated carbocycles. The number of carbonyl (C=O) groups excluding carboxylic acids is 2. The number of hydrogen-bond acceptors (Lipinski definition) is 4. The van der Waals surface area contributed by atoms with Crippen molar-refractivity contribution < 1.29 is 29.0 Å². The fraction of sp³-hybridized carbons (Fsp3) is 0.242. The highest BCUT2D eigenvalue weighted by Crippen LogP contribution is 2.42. The monoisotopic (exact) mass is 556 g/mol. The summed E-state index contributed by atoms with van der Waals surface area (Å²) >= 11 is 0. The van der Waals surface area contributed by atoms with Crippen LogP contribution in [0.25, 0.3) is 22.4 Å². The number of aliphatic hydroxyl groups excluding tert-OH is 1. The molecular weight excluding hydrogens is 523 g/mol. The van der Waals surface area contributed by atoms with E-state index in [1.807, 2.05) is 66.9 Å². The summed E-state index contributed by atoms with van der Waals surface area (Å²) in [7, 11) is 0. The molecule has 0 fully saturated rings. The Kier molecular flexibility index (Phi) is 9.47. The van der Waals surface area contributed by atoms with Crippen LogP contribution in [0.15, 0.2) is 84.9 Å². The predicted molar refractivity (Wildman–Crippen MR) is 156 cm³/mol. The number of carboxylic acids is 1. The second kappa shape index (κ2) is 13.2. The van der Waals surface area contributed by atoms with Crippen molar-refractivity contribution >= 4 is 23.3 Å². The number of para-hydroxylation sites is 1. The first-order valence-electron chi connectivity index (χ1n) is 13.5. The predicted octanol–water partition coefficient (Wildman–Crippen LogP) is 6.52. The number of nitrogens with one attached hydrogen (secondary N) is 1. The highest BCUT2D eigenvalue weighted by molar-refractivity contribution is 6.12. The molecule has 8 heteroatoms.